The van der Waals surface area contributed by atoms with E-state index in [2.05, 4.69) is 15.9 Å². The lowest BCUT2D eigenvalue weighted by Gasteiger charge is -2.16. The fourth-order valence-corrected chi connectivity index (χ4v) is 1.96. The first-order valence-corrected chi connectivity index (χ1v) is 7.17. The minimum atomic E-state index is -0.583. The van der Waals surface area contributed by atoms with Crippen molar-refractivity contribution in [3.05, 3.63) is 64.6 Å². The fraction of sp³-hybridized carbons (Fsp3) is 0.250. The zero-order chi connectivity index (χ0) is 14.2. The molecule has 0 bridgehead atoms. The number of hydrogen-bond acceptors (Lipinski definition) is 2. The van der Waals surface area contributed by atoms with E-state index in [1.54, 1.807) is 12.1 Å². The summed E-state index contributed by atoms with van der Waals surface area (Å²) in [5.74, 6) is 0.638. The molecule has 0 saturated heterocycles. The highest BCUT2D eigenvalue weighted by atomic mass is 79.9. The highest BCUT2D eigenvalue weighted by molar-refractivity contribution is 9.10. The van der Waals surface area contributed by atoms with E-state index in [1.165, 1.54) is 0 Å². The lowest BCUT2D eigenvalue weighted by molar-refractivity contribution is 0.0297. The van der Waals surface area contributed by atoms with Gasteiger partial charge < -0.3 is 9.47 Å². The van der Waals surface area contributed by atoms with Crippen molar-refractivity contribution in [3.63, 3.8) is 0 Å². The Morgan fingerprint density at radius 3 is 2.35 bits per heavy atom. The topological polar surface area (TPSA) is 18.5 Å². The van der Waals surface area contributed by atoms with Crippen LogP contribution in [0.25, 0.3) is 0 Å². The van der Waals surface area contributed by atoms with Gasteiger partial charge in [-0.25, -0.2) is 4.39 Å². The molecule has 4 heteroatoms. The molecule has 2 aromatic rings. The molecule has 20 heavy (non-hydrogen) atoms. The van der Waals surface area contributed by atoms with E-state index in [9.17, 15) is 4.39 Å². The van der Waals surface area contributed by atoms with Gasteiger partial charge in [0, 0.05) is 4.47 Å². The third-order valence-electron chi connectivity index (χ3n) is 2.70. The summed E-state index contributed by atoms with van der Waals surface area (Å²) >= 11 is 3.34. The van der Waals surface area contributed by atoms with Crippen LogP contribution >= 0.6 is 15.9 Å². The van der Waals surface area contributed by atoms with Crippen molar-refractivity contribution in [1.82, 2.24) is 0 Å². The predicted molar refractivity (Wildman–Crippen MR) is 80.6 cm³/mol. The maximum atomic E-state index is 12.9. The Kier molecular flexibility index (Phi) is 6.02. The Labute approximate surface area is 126 Å². The predicted octanol–water partition coefficient (Wildman–Crippen LogP) is 4.38. The SMILES string of the molecule is FC[C@@H](COCc1ccccc1)Oc1ccc(Br)cc1. The van der Waals surface area contributed by atoms with Crippen LogP contribution in [-0.4, -0.2) is 19.4 Å². The van der Waals surface area contributed by atoms with Gasteiger partial charge in [-0.05, 0) is 29.8 Å². The van der Waals surface area contributed by atoms with Crippen LogP contribution in [0.4, 0.5) is 4.39 Å². The van der Waals surface area contributed by atoms with Crippen LogP contribution in [0.15, 0.2) is 59.1 Å². The second-order valence-electron chi connectivity index (χ2n) is 4.35. The minimum Gasteiger partial charge on any atom is -0.485 e. The van der Waals surface area contributed by atoms with Gasteiger partial charge in [0.15, 0.2) is 6.10 Å². The van der Waals surface area contributed by atoms with Gasteiger partial charge in [0.05, 0.1) is 13.2 Å². The first-order valence-electron chi connectivity index (χ1n) is 6.38. The van der Waals surface area contributed by atoms with Crippen molar-refractivity contribution in [2.45, 2.75) is 12.7 Å². The molecule has 0 aromatic heterocycles. The molecule has 2 nitrogen and oxygen atoms in total. The zero-order valence-electron chi connectivity index (χ0n) is 11.0. The average Bonchev–Trinajstić information content (AvgIpc) is 2.49. The number of halogens is 2. The monoisotopic (exact) mass is 338 g/mol. The molecule has 0 spiro atoms. The quantitative estimate of drug-likeness (QED) is 0.745. The van der Waals surface area contributed by atoms with Gasteiger partial charge in [0.25, 0.3) is 0 Å². The zero-order valence-corrected chi connectivity index (χ0v) is 12.6. The van der Waals surface area contributed by atoms with Crippen molar-refractivity contribution in [3.8, 4) is 5.75 Å². The lowest BCUT2D eigenvalue weighted by Crippen LogP contribution is -2.25. The van der Waals surface area contributed by atoms with Crippen LogP contribution in [0.2, 0.25) is 0 Å². The third kappa shape index (κ3) is 4.94. The van der Waals surface area contributed by atoms with Crippen molar-refractivity contribution in [2.24, 2.45) is 0 Å². The first kappa shape index (κ1) is 15.0. The molecule has 0 aliphatic carbocycles. The molecule has 0 amide bonds. The van der Waals surface area contributed by atoms with Crippen molar-refractivity contribution >= 4 is 15.9 Å². The Hall–Kier alpha value is -1.39. The second kappa shape index (κ2) is 8.02. The van der Waals surface area contributed by atoms with Gasteiger partial charge in [0.2, 0.25) is 0 Å². The molecule has 2 aromatic carbocycles. The first-order chi connectivity index (χ1) is 9.78. The maximum Gasteiger partial charge on any atom is 0.150 e. The summed E-state index contributed by atoms with van der Waals surface area (Å²) in [4.78, 5) is 0. The standard InChI is InChI=1S/C16H16BrFO2/c17-14-6-8-15(9-7-14)20-16(10-18)12-19-11-13-4-2-1-3-5-13/h1-9,16H,10-12H2/t16-/m0/s1. The van der Waals surface area contributed by atoms with Gasteiger partial charge in [-0.15, -0.1) is 0 Å². The summed E-state index contributed by atoms with van der Waals surface area (Å²) in [7, 11) is 0. The number of rotatable bonds is 7. The second-order valence-corrected chi connectivity index (χ2v) is 5.26. The van der Waals surface area contributed by atoms with Crippen LogP contribution in [0.5, 0.6) is 5.75 Å². The van der Waals surface area contributed by atoms with Crippen LogP contribution in [0, 0.1) is 0 Å². The molecule has 0 fully saturated rings. The number of ether oxygens (including phenoxy) is 2. The van der Waals surface area contributed by atoms with Gasteiger partial charge in [-0.1, -0.05) is 46.3 Å². The fourth-order valence-electron chi connectivity index (χ4n) is 1.70. The molecule has 0 aliphatic rings. The van der Waals surface area contributed by atoms with E-state index in [0.29, 0.717) is 12.4 Å². The molecule has 0 radical (unpaired) electrons. The maximum absolute atomic E-state index is 12.9. The van der Waals surface area contributed by atoms with E-state index >= 15 is 0 Å². The van der Waals surface area contributed by atoms with Crippen molar-refractivity contribution < 1.29 is 13.9 Å². The molecule has 0 saturated carbocycles. The van der Waals surface area contributed by atoms with Gasteiger partial charge in [-0.3, -0.25) is 0 Å². The van der Waals surface area contributed by atoms with E-state index in [1.807, 2.05) is 42.5 Å². The summed E-state index contributed by atoms with van der Waals surface area (Å²) in [5.41, 5.74) is 1.06. The summed E-state index contributed by atoms with van der Waals surface area (Å²) in [6.45, 7) is 0.105. The molecule has 1 atom stereocenters. The van der Waals surface area contributed by atoms with Crippen LogP contribution in [0.1, 0.15) is 5.56 Å². The molecule has 0 heterocycles. The molecular weight excluding hydrogens is 323 g/mol. The highest BCUT2D eigenvalue weighted by Gasteiger charge is 2.10. The largest absolute Gasteiger partial charge is 0.485 e. The van der Waals surface area contributed by atoms with Gasteiger partial charge in [0.1, 0.15) is 12.4 Å². The summed E-state index contributed by atoms with van der Waals surface area (Å²) < 4.78 is 24.9. The van der Waals surface area contributed by atoms with Crippen LogP contribution in [-0.2, 0) is 11.3 Å². The molecule has 0 aliphatic heterocycles. The molecule has 0 unspecified atom stereocenters. The Morgan fingerprint density at radius 1 is 1.00 bits per heavy atom. The van der Waals surface area contributed by atoms with E-state index in [4.69, 9.17) is 9.47 Å². The Bertz CT molecular complexity index is 502. The number of benzene rings is 2. The van der Waals surface area contributed by atoms with E-state index < -0.39 is 12.8 Å². The number of hydrogen-bond donors (Lipinski definition) is 0. The molecule has 0 N–H and O–H groups in total. The van der Waals surface area contributed by atoms with Crippen molar-refractivity contribution in [2.75, 3.05) is 13.3 Å². The summed E-state index contributed by atoms with van der Waals surface area (Å²) in [6.07, 6.45) is -0.583. The van der Waals surface area contributed by atoms with Gasteiger partial charge in [-0.2, -0.15) is 0 Å². The van der Waals surface area contributed by atoms with E-state index in [-0.39, 0.29) is 6.61 Å². The Morgan fingerprint density at radius 2 is 1.70 bits per heavy atom. The smallest absolute Gasteiger partial charge is 0.150 e. The van der Waals surface area contributed by atoms with E-state index in [0.717, 1.165) is 10.0 Å². The molecule has 106 valence electrons. The summed E-state index contributed by atoms with van der Waals surface area (Å²) in [6, 6.07) is 17.1. The highest BCUT2D eigenvalue weighted by Crippen LogP contribution is 2.17. The number of alkyl halides is 1. The third-order valence-corrected chi connectivity index (χ3v) is 3.23. The summed E-state index contributed by atoms with van der Waals surface area (Å²) in [5, 5.41) is 0. The molecular formula is C16H16BrFO2. The van der Waals surface area contributed by atoms with Gasteiger partial charge >= 0.3 is 0 Å². The van der Waals surface area contributed by atoms with Crippen LogP contribution < -0.4 is 4.74 Å². The minimum absolute atomic E-state index is 0.224. The molecule has 2 rings (SSSR count). The van der Waals surface area contributed by atoms with Crippen LogP contribution in [0.3, 0.4) is 0 Å². The van der Waals surface area contributed by atoms with Crippen molar-refractivity contribution in [1.29, 1.82) is 0 Å². The normalized spacial score (nSPS) is 12.1. The lowest BCUT2D eigenvalue weighted by atomic mass is 10.2. The Balaban J connectivity index is 1.79. The average molecular weight is 339 g/mol.